The molecule has 2 heterocycles. The van der Waals surface area contributed by atoms with Gasteiger partial charge in [0.05, 0.1) is 28.5 Å². The van der Waals surface area contributed by atoms with Gasteiger partial charge in [0.25, 0.3) is 0 Å². The van der Waals surface area contributed by atoms with Crippen LogP contribution < -0.4 is 10.1 Å². The summed E-state index contributed by atoms with van der Waals surface area (Å²) in [6.07, 6.45) is 1.44. The molecular formula is C17H14Cl3N5O2S. The quantitative estimate of drug-likeness (QED) is 0.512. The molecular weight excluding hydrogens is 445 g/mol. The van der Waals surface area contributed by atoms with Gasteiger partial charge in [0.15, 0.2) is 11.6 Å². The van der Waals surface area contributed by atoms with Crippen LogP contribution in [-0.2, 0) is 4.79 Å². The van der Waals surface area contributed by atoms with Crippen molar-refractivity contribution in [3.63, 3.8) is 0 Å². The molecule has 2 N–H and O–H groups in total. The SMILES string of the molecule is COc1ccc(Cl)cc1-c1nc(SCC(=O)Nc2ncc(Cl)c(C)c2Cl)n[nH]1. The van der Waals surface area contributed by atoms with Crippen molar-refractivity contribution in [3.05, 3.63) is 45.0 Å². The van der Waals surface area contributed by atoms with Crippen molar-refractivity contribution in [1.29, 1.82) is 0 Å². The van der Waals surface area contributed by atoms with Crippen LogP contribution in [-0.4, -0.2) is 38.9 Å². The fourth-order valence-electron chi connectivity index (χ4n) is 2.24. The largest absolute Gasteiger partial charge is 0.496 e. The molecule has 11 heteroatoms. The Morgan fingerprint density at radius 3 is 2.86 bits per heavy atom. The summed E-state index contributed by atoms with van der Waals surface area (Å²) in [5.41, 5.74) is 1.32. The molecule has 1 aromatic carbocycles. The van der Waals surface area contributed by atoms with E-state index in [2.05, 4.69) is 25.5 Å². The Kier molecular flexibility index (Phi) is 6.66. The summed E-state index contributed by atoms with van der Waals surface area (Å²) in [4.78, 5) is 20.6. The van der Waals surface area contributed by atoms with E-state index in [-0.39, 0.29) is 17.5 Å². The maximum absolute atomic E-state index is 12.2. The number of halogens is 3. The van der Waals surface area contributed by atoms with Crippen molar-refractivity contribution in [3.8, 4) is 17.1 Å². The number of benzene rings is 1. The van der Waals surface area contributed by atoms with Gasteiger partial charge in [0.1, 0.15) is 5.75 Å². The van der Waals surface area contributed by atoms with Gasteiger partial charge in [-0.1, -0.05) is 46.6 Å². The lowest BCUT2D eigenvalue weighted by Gasteiger charge is -2.08. The van der Waals surface area contributed by atoms with Crippen LogP contribution in [0.3, 0.4) is 0 Å². The number of anilines is 1. The molecule has 2 aromatic heterocycles. The van der Waals surface area contributed by atoms with E-state index in [1.807, 2.05) is 0 Å². The zero-order valence-electron chi connectivity index (χ0n) is 14.7. The van der Waals surface area contributed by atoms with Gasteiger partial charge in [0.2, 0.25) is 11.1 Å². The molecule has 0 saturated carbocycles. The van der Waals surface area contributed by atoms with E-state index in [0.717, 1.165) is 11.8 Å². The Bertz CT molecular complexity index is 1030. The van der Waals surface area contributed by atoms with Gasteiger partial charge in [-0.25, -0.2) is 9.97 Å². The van der Waals surface area contributed by atoms with Gasteiger partial charge < -0.3 is 10.1 Å². The Balaban J connectivity index is 1.66. The van der Waals surface area contributed by atoms with E-state index in [0.29, 0.717) is 42.9 Å². The van der Waals surface area contributed by atoms with Crippen molar-refractivity contribution in [1.82, 2.24) is 20.2 Å². The van der Waals surface area contributed by atoms with Crippen LogP contribution in [0.15, 0.2) is 29.6 Å². The third-order valence-corrected chi connectivity index (χ3v) is 5.60. The normalized spacial score (nSPS) is 10.8. The Morgan fingerprint density at radius 2 is 2.11 bits per heavy atom. The topological polar surface area (TPSA) is 92.8 Å². The molecule has 0 bridgehead atoms. The van der Waals surface area contributed by atoms with Crippen LogP contribution in [0.2, 0.25) is 15.1 Å². The van der Waals surface area contributed by atoms with Crippen LogP contribution in [0.1, 0.15) is 5.56 Å². The summed E-state index contributed by atoms with van der Waals surface area (Å²) in [5.74, 6) is 1.12. The second kappa shape index (κ2) is 9.00. The summed E-state index contributed by atoms with van der Waals surface area (Å²) in [5, 5.41) is 11.3. The van der Waals surface area contributed by atoms with E-state index in [9.17, 15) is 4.79 Å². The molecule has 7 nitrogen and oxygen atoms in total. The van der Waals surface area contributed by atoms with E-state index < -0.39 is 0 Å². The zero-order valence-corrected chi connectivity index (χ0v) is 17.8. The molecule has 0 aliphatic rings. The van der Waals surface area contributed by atoms with Crippen molar-refractivity contribution >= 4 is 58.3 Å². The molecule has 0 spiro atoms. The smallest absolute Gasteiger partial charge is 0.236 e. The molecule has 1 amide bonds. The van der Waals surface area contributed by atoms with Gasteiger partial charge in [-0.15, -0.1) is 5.10 Å². The number of ether oxygens (including phenoxy) is 1. The highest BCUT2D eigenvalue weighted by molar-refractivity contribution is 7.99. The first-order chi connectivity index (χ1) is 13.4. The monoisotopic (exact) mass is 457 g/mol. The molecule has 28 heavy (non-hydrogen) atoms. The number of aromatic amines is 1. The molecule has 0 atom stereocenters. The van der Waals surface area contributed by atoms with Gasteiger partial charge >= 0.3 is 0 Å². The van der Waals surface area contributed by atoms with Crippen molar-refractivity contribution in [2.24, 2.45) is 0 Å². The molecule has 0 radical (unpaired) electrons. The lowest BCUT2D eigenvalue weighted by atomic mass is 10.2. The zero-order chi connectivity index (χ0) is 20.3. The maximum Gasteiger partial charge on any atom is 0.236 e. The number of amides is 1. The van der Waals surface area contributed by atoms with Crippen LogP contribution in [0, 0.1) is 6.92 Å². The third kappa shape index (κ3) is 4.70. The molecule has 3 rings (SSSR count). The summed E-state index contributed by atoms with van der Waals surface area (Å²) < 4.78 is 5.31. The van der Waals surface area contributed by atoms with E-state index in [1.165, 1.54) is 6.20 Å². The third-order valence-electron chi connectivity index (χ3n) is 3.67. The Hall–Kier alpha value is -2.00. The second-order valence-corrected chi connectivity index (χ2v) is 7.71. The van der Waals surface area contributed by atoms with E-state index in [1.54, 1.807) is 32.2 Å². The molecule has 0 aliphatic carbocycles. The number of H-pyrrole nitrogens is 1. The average Bonchev–Trinajstić information content (AvgIpc) is 3.16. The van der Waals surface area contributed by atoms with Gasteiger partial charge in [-0.2, -0.15) is 0 Å². The predicted octanol–water partition coefficient (Wildman–Crippen LogP) is 4.87. The Labute approximate surface area is 180 Å². The minimum Gasteiger partial charge on any atom is -0.496 e. The summed E-state index contributed by atoms with van der Waals surface area (Å²) in [6, 6.07) is 5.18. The fourth-order valence-corrected chi connectivity index (χ4v) is 3.40. The standard InChI is InChI=1S/C17H14Cl3N5O2S/c1-8-11(19)6-21-16(14(8)20)22-13(26)7-28-17-23-15(24-25-17)10-5-9(18)3-4-12(10)27-2/h3-6H,7H2,1-2H3,(H,21,22,26)(H,23,24,25). The lowest BCUT2D eigenvalue weighted by molar-refractivity contribution is -0.113. The average molecular weight is 459 g/mol. The van der Waals surface area contributed by atoms with Gasteiger partial charge in [-0.05, 0) is 30.7 Å². The number of thioether (sulfide) groups is 1. The lowest BCUT2D eigenvalue weighted by Crippen LogP contribution is -2.15. The van der Waals surface area contributed by atoms with Crippen molar-refractivity contribution in [2.45, 2.75) is 12.1 Å². The number of pyridine rings is 1. The highest BCUT2D eigenvalue weighted by atomic mass is 35.5. The van der Waals surface area contributed by atoms with Crippen LogP contribution in [0.25, 0.3) is 11.4 Å². The Morgan fingerprint density at radius 1 is 1.32 bits per heavy atom. The number of methoxy groups -OCH3 is 1. The maximum atomic E-state index is 12.2. The van der Waals surface area contributed by atoms with Crippen LogP contribution in [0.5, 0.6) is 5.75 Å². The number of carbonyl (C=O) groups is 1. The first-order valence-corrected chi connectivity index (χ1v) is 10.0. The number of aromatic nitrogens is 4. The number of hydrogen-bond acceptors (Lipinski definition) is 6. The highest BCUT2D eigenvalue weighted by Crippen LogP contribution is 2.31. The van der Waals surface area contributed by atoms with Crippen molar-refractivity contribution < 1.29 is 9.53 Å². The molecule has 0 saturated heterocycles. The highest BCUT2D eigenvalue weighted by Gasteiger charge is 2.15. The molecule has 146 valence electrons. The molecule has 0 aliphatic heterocycles. The fraction of sp³-hybridized carbons (Fsp3) is 0.176. The molecule has 0 unspecified atom stereocenters. The first-order valence-electron chi connectivity index (χ1n) is 7.88. The van der Waals surface area contributed by atoms with Crippen molar-refractivity contribution in [2.75, 3.05) is 18.2 Å². The predicted molar refractivity (Wildman–Crippen MR) is 112 cm³/mol. The van der Waals surface area contributed by atoms with Gasteiger partial charge in [-0.3, -0.25) is 9.89 Å². The van der Waals surface area contributed by atoms with E-state index in [4.69, 9.17) is 39.5 Å². The first kappa shape index (κ1) is 20.7. The number of nitrogens with one attached hydrogen (secondary N) is 2. The summed E-state index contributed by atoms with van der Waals surface area (Å²) in [7, 11) is 1.56. The number of hydrogen-bond donors (Lipinski definition) is 2. The summed E-state index contributed by atoms with van der Waals surface area (Å²) >= 11 is 19.3. The second-order valence-electron chi connectivity index (χ2n) is 5.54. The molecule has 0 fully saturated rings. The van der Waals surface area contributed by atoms with E-state index >= 15 is 0 Å². The number of nitrogens with zero attached hydrogens (tertiary/aromatic N) is 3. The minimum absolute atomic E-state index is 0.0731. The number of rotatable bonds is 6. The summed E-state index contributed by atoms with van der Waals surface area (Å²) in [6.45, 7) is 1.75. The van der Waals surface area contributed by atoms with Crippen LogP contribution in [0.4, 0.5) is 5.82 Å². The minimum atomic E-state index is -0.298. The number of carbonyl (C=O) groups excluding carboxylic acids is 1. The van der Waals surface area contributed by atoms with Crippen LogP contribution >= 0.6 is 46.6 Å². The van der Waals surface area contributed by atoms with Gasteiger partial charge in [0, 0.05) is 11.2 Å². The molecule has 3 aromatic rings.